The predicted octanol–water partition coefficient (Wildman–Crippen LogP) is 2.09. The van der Waals surface area contributed by atoms with E-state index in [0.29, 0.717) is 25.1 Å². The maximum Gasteiger partial charge on any atom is 0.401 e. The number of amides is 1. The molecular weight excluding hydrogens is 427 g/mol. The fourth-order valence-electron chi connectivity index (χ4n) is 3.18. The Morgan fingerprint density at radius 3 is 2.62 bits per heavy atom. The first-order valence-electron chi connectivity index (χ1n) is 9.24. The number of sulfonamides is 1. The van der Waals surface area contributed by atoms with E-state index >= 15 is 0 Å². The Kier molecular flexibility index (Phi) is 8.80. The molecule has 0 aromatic heterocycles. The number of likely N-dealkylation sites (tertiary alicyclic amines) is 1. The number of nitrogens with zero attached hydrogens (tertiary/aromatic N) is 1. The molecule has 164 valence electrons. The largest absolute Gasteiger partial charge is 0.401 e. The van der Waals surface area contributed by atoms with Crippen LogP contribution >= 0.6 is 11.8 Å². The number of carbonyl (C=O) groups excluding carboxylic acids is 1. The lowest BCUT2D eigenvalue weighted by molar-refractivity contribution is -0.143. The molecule has 1 aromatic carbocycles. The number of hydrogen-bond donors (Lipinski definition) is 2. The van der Waals surface area contributed by atoms with Gasteiger partial charge in [-0.3, -0.25) is 9.69 Å². The number of nitrogens with one attached hydrogen (secondary N) is 2. The van der Waals surface area contributed by atoms with Crippen LogP contribution in [-0.2, 0) is 14.8 Å². The average molecular weight is 454 g/mol. The summed E-state index contributed by atoms with van der Waals surface area (Å²) in [7, 11) is -3.85. The van der Waals surface area contributed by atoms with Gasteiger partial charge in [0, 0.05) is 13.1 Å². The van der Waals surface area contributed by atoms with Crippen molar-refractivity contribution in [2.24, 2.45) is 5.92 Å². The Bertz CT molecular complexity index is 761. The molecule has 1 amide bonds. The van der Waals surface area contributed by atoms with E-state index in [4.69, 9.17) is 0 Å². The molecule has 1 saturated heterocycles. The minimum Gasteiger partial charge on any atom is -0.354 e. The number of halogens is 3. The summed E-state index contributed by atoms with van der Waals surface area (Å²) in [5, 5.41) is 2.71. The molecule has 0 bridgehead atoms. The number of carbonyl (C=O) groups is 1. The van der Waals surface area contributed by atoms with Gasteiger partial charge in [-0.1, -0.05) is 18.2 Å². The lowest BCUT2D eigenvalue weighted by atomic mass is 10.1. The molecule has 2 atom stereocenters. The van der Waals surface area contributed by atoms with Gasteiger partial charge < -0.3 is 5.32 Å². The highest BCUT2D eigenvalue weighted by Gasteiger charge is 2.34. The quantitative estimate of drug-likeness (QED) is 0.567. The van der Waals surface area contributed by atoms with Gasteiger partial charge in [0.1, 0.15) is 6.04 Å². The van der Waals surface area contributed by atoms with Gasteiger partial charge >= 0.3 is 6.18 Å². The number of hydrogen-bond acceptors (Lipinski definition) is 5. The molecule has 1 aliphatic heterocycles. The third-order valence-electron chi connectivity index (χ3n) is 4.62. The van der Waals surface area contributed by atoms with E-state index in [1.54, 1.807) is 18.2 Å². The van der Waals surface area contributed by atoms with E-state index < -0.39 is 34.7 Å². The minimum atomic E-state index is -4.24. The van der Waals surface area contributed by atoms with Gasteiger partial charge in [0.25, 0.3) is 0 Å². The highest BCUT2D eigenvalue weighted by molar-refractivity contribution is 7.98. The van der Waals surface area contributed by atoms with Crippen LogP contribution in [0, 0.1) is 5.92 Å². The first-order valence-corrected chi connectivity index (χ1v) is 12.1. The van der Waals surface area contributed by atoms with Crippen LogP contribution in [0.4, 0.5) is 13.2 Å². The van der Waals surface area contributed by atoms with Crippen LogP contribution in [0.1, 0.15) is 12.8 Å². The van der Waals surface area contributed by atoms with Gasteiger partial charge in [0.2, 0.25) is 15.9 Å². The summed E-state index contributed by atoms with van der Waals surface area (Å²) < 4.78 is 65.0. The second-order valence-corrected chi connectivity index (χ2v) is 9.72. The normalized spacial score (nSPS) is 19.2. The Hall–Kier alpha value is -1.30. The standard InChI is InChI=1S/C18H26F3N3O3S2/c1-28-10-8-16(23-29(26,27)15-5-3-2-4-6-15)17(25)22-11-14-7-9-24(12-14)13-18(19,20)21/h2-6,14,16,23H,7-13H2,1H3,(H,22,25)/t14-,16-/m1/s1. The third kappa shape index (κ3) is 8.15. The number of alkyl halides is 3. The van der Waals surface area contributed by atoms with E-state index in [2.05, 4.69) is 10.0 Å². The van der Waals surface area contributed by atoms with Crippen molar-refractivity contribution in [3.05, 3.63) is 30.3 Å². The second-order valence-electron chi connectivity index (χ2n) is 7.02. The molecule has 29 heavy (non-hydrogen) atoms. The molecule has 0 aliphatic carbocycles. The van der Waals surface area contributed by atoms with Crippen LogP contribution < -0.4 is 10.0 Å². The van der Waals surface area contributed by atoms with Crippen LogP contribution in [0.25, 0.3) is 0 Å². The molecule has 2 rings (SSSR count). The van der Waals surface area contributed by atoms with Crippen LogP contribution in [-0.4, -0.2) is 69.6 Å². The van der Waals surface area contributed by atoms with Crippen molar-refractivity contribution in [3.8, 4) is 0 Å². The molecule has 1 aromatic rings. The van der Waals surface area contributed by atoms with Crippen molar-refractivity contribution in [2.45, 2.75) is 30.0 Å². The third-order valence-corrected chi connectivity index (χ3v) is 6.75. The fourth-order valence-corrected chi connectivity index (χ4v) is 4.90. The number of benzene rings is 1. The second kappa shape index (κ2) is 10.6. The predicted molar refractivity (Wildman–Crippen MR) is 107 cm³/mol. The van der Waals surface area contributed by atoms with Gasteiger partial charge in [-0.15, -0.1) is 0 Å². The molecule has 0 saturated carbocycles. The highest BCUT2D eigenvalue weighted by atomic mass is 32.2. The smallest absolute Gasteiger partial charge is 0.354 e. The topological polar surface area (TPSA) is 78.5 Å². The Labute approximate surface area is 173 Å². The van der Waals surface area contributed by atoms with Crippen molar-refractivity contribution in [2.75, 3.05) is 38.2 Å². The monoisotopic (exact) mass is 453 g/mol. The van der Waals surface area contributed by atoms with Crippen molar-refractivity contribution in [3.63, 3.8) is 0 Å². The zero-order chi connectivity index (χ0) is 21.5. The van der Waals surface area contributed by atoms with E-state index in [0.717, 1.165) is 0 Å². The summed E-state index contributed by atoms with van der Waals surface area (Å²) in [4.78, 5) is 14.0. The first-order chi connectivity index (χ1) is 13.6. The SMILES string of the molecule is CSCC[C@@H](NS(=O)(=O)c1ccccc1)C(=O)NC[C@H]1CCN(CC(F)(F)F)C1. The summed E-state index contributed by atoms with van der Waals surface area (Å²) in [5.74, 6) is 0.0270. The van der Waals surface area contributed by atoms with Crippen molar-refractivity contribution >= 4 is 27.7 Å². The molecule has 11 heteroatoms. The van der Waals surface area contributed by atoms with Crippen LogP contribution in [0.15, 0.2) is 35.2 Å². The van der Waals surface area contributed by atoms with Gasteiger partial charge in [0.05, 0.1) is 11.4 Å². The van der Waals surface area contributed by atoms with Crippen molar-refractivity contribution in [1.82, 2.24) is 14.9 Å². The zero-order valence-electron chi connectivity index (χ0n) is 16.1. The maximum absolute atomic E-state index is 12.6. The van der Waals surface area contributed by atoms with Crippen LogP contribution in [0.5, 0.6) is 0 Å². The Morgan fingerprint density at radius 2 is 2.00 bits per heavy atom. The minimum absolute atomic E-state index is 0.0699. The van der Waals surface area contributed by atoms with Crippen molar-refractivity contribution in [1.29, 1.82) is 0 Å². The number of rotatable bonds is 10. The maximum atomic E-state index is 12.6. The average Bonchev–Trinajstić information content (AvgIpc) is 3.09. The van der Waals surface area contributed by atoms with Gasteiger partial charge in [-0.05, 0) is 49.4 Å². The lowest BCUT2D eigenvalue weighted by Gasteiger charge is -2.20. The summed E-state index contributed by atoms with van der Waals surface area (Å²) in [6, 6.07) is 6.83. The molecular formula is C18H26F3N3O3S2. The molecule has 0 radical (unpaired) electrons. The number of thioether (sulfide) groups is 1. The van der Waals surface area contributed by atoms with E-state index in [1.165, 1.54) is 28.8 Å². The Morgan fingerprint density at radius 1 is 1.31 bits per heavy atom. The van der Waals surface area contributed by atoms with Gasteiger partial charge in [-0.25, -0.2) is 8.42 Å². The van der Waals surface area contributed by atoms with Crippen molar-refractivity contribution < 1.29 is 26.4 Å². The molecule has 2 N–H and O–H groups in total. The summed E-state index contributed by atoms with van der Waals surface area (Å²) in [6.45, 7) is -0.151. The molecule has 1 aliphatic rings. The van der Waals surface area contributed by atoms with Gasteiger partial charge in [0.15, 0.2) is 0 Å². The van der Waals surface area contributed by atoms with Gasteiger partial charge in [-0.2, -0.15) is 29.7 Å². The van der Waals surface area contributed by atoms with E-state index in [9.17, 15) is 26.4 Å². The first kappa shape index (κ1) is 24.0. The summed E-state index contributed by atoms with van der Waals surface area (Å²) in [6.07, 6.45) is -1.52. The molecule has 6 nitrogen and oxygen atoms in total. The summed E-state index contributed by atoms with van der Waals surface area (Å²) >= 11 is 1.49. The highest BCUT2D eigenvalue weighted by Crippen LogP contribution is 2.22. The molecule has 1 heterocycles. The molecule has 1 fully saturated rings. The van der Waals surface area contributed by atoms with Crippen LogP contribution in [0.2, 0.25) is 0 Å². The Balaban J connectivity index is 1.92. The van der Waals surface area contributed by atoms with E-state index in [1.807, 2.05) is 6.26 Å². The van der Waals surface area contributed by atoms with E-state index in [-0.39, 0.29) is 23.9 Å². The summed E-state index contributed by atoms with van der Waals surface area (Å²) in [5.41, 5.74) is 0. The molecule has 0 unspecified atom stereocenters. The molecule has 0 spiro atoms. The lowest BCUT2D eigenvalue weighted by Crippen LogP contribution is -2.48. The van der Waals surface area contributed by atoms with Crippen LogP contribution in [0.3, 0.4) is 0 Å². The zero-order valence-corrected chi connectivity index (χ0v) is 17.7. The fraction of sp³-hybridized carbons (Fsp3) is 0.611.